The van der Waals surface area contributed by atoms with Crippen molar-refractivity contribution in [3.63, 3.8) is 0 Å². The molecule has 106 valence electrons. The number of hydrogen-bond acceptors (Lipinski definition) is 2. The fourth-order valence-corrected chi connectivity index (χ4v) is 2.20. The lowest BCUT2D eigenvalue weighted by atomic mass is 9.95. The molecule has 0 aliphatic carbocycles. The Bertz CT molecular complexity index is 559. The molecule has 1 atom stereocenters. The highest BCUT2D eigenvalue weighted by Crippen LogP contribution is 2.24. The Kier molecular flexibility index (Phi) is 4.47. The number of nitrogens with two attached hydrogens (primary N) is 1. The summed E-state index contributed by atoms with van der Waals surface area (Å²) in [6.45, 7) is 4.21. The minimum atomic E-state index is -0.612. The Morgan fingerprint density at radius 3 is 1.80 bits per heavy atom. The minimum Gasteiger partial charge on any atom is -0.271 e. The third kappa shape index (κ3) is 3.21. The lowest BCUT2D eigenvalue weighted by Crippen LogP contribution is -2.29. The van der Waals surface area contributed by atoms with Gasteiger partial charge in [-0.1, -0.05) is 38.1 Å². The van der Waals surface area contributed by atoms with Gasteiger partial charge in [0.2, 0.25) is 0 Å². The molecule has 0 aliphatic heterocycles. The van der Waals surface area contributed by atoms with E-state index in [-0.39, 0.29) is 0 Å². The van der Waals surface area contributed by atoms with E-state index in [0.29, 0.717) is 11.5 Å². The third-order valence-corrected chi connectivity index (χ3v) is 3.32. The summed E-state index contributed by atoms with van der Waals surface area (Å²) in [6, 6.07) is 10.8. The molecule has 0 saturated heterocycles. The van der Waals surface area contributed by atoms with Gasteiger partial charge >= 0.3 is 0 Å². The fraction of sp³-hybridized carbons (Fsp3) is 0.250. The maximum atomic E-state index is 13.3. The molecular formula is C16H18F2N2. The van der Waals surface area contributed by atoms with Crippen LogP contribution in [-0.4, -0.2) is 0 Å². The summed E-state index contributed by atoms with van der Waals surface area (Å²) >= 11 is 0. The highest BCUT2D eigenvalue weighted by atomic mass is 19.1. The van der Waals surface area contributed by atoms with Crippen molar-refractivity contribution in [1.82, 2.24) is 5.43 Å². The first-order valence-corrected chi connectivity index (χ1v) is 6.53. The van der Waals surface area contributed by atoms with Crippen LogP contribution in [0.2, 0.25) is 0 Å². The van der Waals surface area contributed by atoms with Crippen molar-refractivity contribution in [3.8, 4) is 0 Å². The molecule has 0 bridgehead atoms. The van der Waals surface area contributed by atoms with Crippen molar-refractivity contribution in [1.29, 1.82) is 0 Å². The van der Waals surface area contributed by atoms with E-state index in [4.69, 9.17) is 5.84 Å². The fourth-order valence-electron chi connectivity index (χ4n) is 2.20. The van der Waals surface area contributed by atoms with Gasteiger partial charge in [0.1, 0.15) is 11.6 Å². The van der Waals surface area contributed by atoms with Crippen LogP contribution in [0.3, 0.4) is 0 Å². The molecule has 4 heteroatoms. The SMILES string of the molecule is CC(C)c1ccc(C(NN)c2cc(F)cc(F)c2)cc1. The van der Waals surface area contributed by atoms with E-state index in [2.05, 4.69) is 19.3 Å². The van der Waals surface area contributed by atoms with Crippen LogP contribution in [0.25, 0.3) is 0 Å². The highest BCUT2D eigenvalue weighted by Gasteiger charge is 2.14. The van der Waals surface area contributed by atoms with Crippen LogP contribution in [0.1, 0.15) is 42.5 Å². The molecule has 2 aromatic rings. The Hall–Kier alpha value is -1.78. The molecule has 2 rings (SSSR count). The lowest BCUT2D eigenvalue weighted by Gasteiger charge is -2.18. The third-order valence-electron chi connectivity index (χ3n) is 3.32. The van der Waals surface area contributed by atoms with E-state index < -0.39 is 17.7 Å². The predicted molar refractivity (Wildman–Crippen MR) is 76.1 cm³/mol. The van der Waals surface area contributed by atoms with Gasteiger partial charge < -0.3 is 0 Å². The van der Waals surface area contributed by atoms with E-state index in [1.165, 1.54) is 17.7 Å². The van der Waals surface area contributed by atoms with E-state index in [9.17, 15) is 8.78 Å². The zero-order valence-corrected chi connectivity index (χ0v) is 11.5. The number of halogens is 2. The smallest absolute Gasteiger partial charge is 0.126 e. The van der Waals surface area contributed by atoms with Gasteiger partial charge in [0.15, 0.2) is 0 Å². The first-order chi connectivity index (χ1) is 9.51. The normalized spacial score (nSPS) is 12.7. The Balaban J connectivity index is 2.36. The van der Waals surface area contributed by atoms with Gasteiger partial charge in [0.25, 0.3) is 0 Å². The number of hydrazine groups is 1. The molecule has 0 fully saturated rings. The van der Waals surface area contributed by atoms with E-state index in [1.54, 1.807) is 0 Å². The number of nitrogens with one attached hydrogen (secondary N) is 1. The van der Waals surface area contributed by atoms with E-state index >= 15 is 0 Å². The monoisotopic (exact) mass is 276 g/mol. The summed E-state index contributed by atoms with van der Waals surface area (Å²) < 4.78 is 26.6. The molecule has 0 aromatic heterocycles. The predicted octanol–water partition coefficient (Wildman–Crippen LogP) is 3.64. The summed E-state index contributed by atoms with van der Waals surface area (Å²) in [6.07, 6.45) is 0. The molecule has 0 aliphatic rings. The van der Waals surface area contributed by atoms with Crippen LogP contribution in [-0.2, 0) is 0 Å². The highest BCUT2D eigenvalue weighted by molar-refractivity contribution is 5.34. The van der Waals surface area contributed by atoms with Crippen molar-refractivity contribution in [3.05, 3.63) is 70.8 Å². The van der Waals surface area contributed by atoms with Crippen molar-refractivity contribution in [2.24, 2.45) is 5.84 Å². The van der Waals surface area contributed by atoms with Gasteiger partial charge in [-0.15, -0.1) is 0 Å². The van der Waals surface area contributed by atoms with Crippen LogP contribution >= 0.6 is 0 Å². The van der Waals surface area contributed by atoms with Gasteiger partial charge in [0.05, 0.1) is 6.04 Å². The molecule has 0 radical (unpaired) electrons. The maximum absolute atomic E-state index is 13.3. The largest absolute Gasteiger partial charge is 0.271 e. The molecule has 2 nitrogen and oxygen atoms in total. The van der Waals surface area contributed by atoms with Gasteiger partial charge in [-0.05, 0) is 34.7 Å². The second kappa shape index (κ2) is 6.11. The second-order valence-electron chi connectivity index (χ2n) is 5.12. The van der Waals surface area contributed by atoms with Crippen LogP contribution < -0.4 is 11.3 Å². The van der Waals surface area contributed by atoms with Gasteiger partial charge in [-0.2, -0.15) is 0 Å². The van der Waals surface area contributed by atoms with Crippen LogP contribution in [0.5, 0.6) is 0 Å². The summed E-state index contributed by atoms with van der Waals surface area (Å²) in [7, 11) is 0. The molecule has 3 N–H and O–H groups in total. The maximum Gasteiger partial charge on any atom is 0.126 e. The topological polar surface area (TPSA) is 38.0 Å². The molecule has 0 heterocycles. The van der Waals surface area contributed by atoms with Crippen LogP contribution in [0.4, 0.5) is 8.78 Å². The number of rotatable bonds is 4. The number of benzene rings is 2. The second-order valence-corrected chi connectivity index (χ2v) is 5.12. The van der Waals surface area contributed by atoms with E-state index in [0.717, 1.165) is 11.6 Å². The molecule has 1 unspecified atom stereocenters. The van der Waals surface area contributed by atoms with E-state index in [1.807, 2.05) is 24.3 Å². The van der Waals surface area contributed by atoms with Crippen molar-refractivity contribution >= 4 is 0 Å². The standard InChI is InChI=1S/C16H18F2N2/c1-10(2)11-3-5-12(6-4-11)16(20-19)13-7-14(17)9-15(18)8-13/h3-10,16,20H,19H2,1-2H3. The zero-order chi connectivity index (χ0) is 14.7. The molecule has 0 spiro atoms. The van der Waals surface area contributed by atoms with Crippen molar-refractivity contribution in [2.75, 3.05) is 0 Å². The van der Waals surface area contributed by atoms with Crippen molar-refractivity contribution in [2.45, 2.75) is 25.8 Å². The molecule has 0 amide bonds. The quantitative estimate of drug-likeness (QED) is 0.661. The first-order valence-electron chi connectivity index (χ1n) is 6.53. The zero-order valence-electron chi connectivity index (χ0n) is 11.5. The minimum absolute atomic E-state index is 0.431. The van der Waals surface area contributed by atoms with Gasteiger partial charge in [-0.25, -0.2) is 14.2 Å². The van der Waals surface area contributed by atoms with Gasteiger partial charge in [-0.3, -0.25) is 5.84 Å². The Labute approximate surface area is 117 Å². The van der Waals surface area contributed by atoms with Crippen LogP contribution in [0, 0.1) is 11.6 Å². The molecule has 0 saturated carbocycles. The summed E-state index contributed by atoms with van der Waals surface area (Å²) in [5.74, 6) is 4.75. The average Bonchev–Trinajstić information content (AvgIpc) is 2.39. The summed E-state index contributed by atoms with van der Waals surface area (Å²) in [5, 5.41) is 0. The van der Waals surface area contributed by atoms with Crippen LogP contribution in [0.15, 0.2) is 42.5 Å². The number of hydrogen-bond donors (Lipinski definition) is 2. The summed E-state index contributed by atoms with van der Waals surface area (Å²) in [4.78, 5) is 0. The Morgan fingerprint density at radius 1 is 0.850 bits per heavy atom. The molecule has 20 heavy (non-hydrogen) atoms. The summed E-state index contributed by atoms with van der Waals surface area (Å²) in [5.41, 5.74) is 5.13. The van der Waals surface area contributed by atoms with Gasteiger partial charge in [0, 0.05) is 6.07 Å². The average molecular weight is 276 g/mol. The molecular weight excluding hydrogens is 258 g/mol. The Morgan fingerprint density at radius 2 is 1.35 bits per heavy atom. The molecule has 2 aromatic carbocycles. The lowest BCUT2D eigenvalue weighted by molar-refractivity contribution is 0.566. The first kappa shape index (κ1) is 14.6. The van der Waals surface area contributed by atoms with Crippen molar-refractivity contribution < 1.29 is 8.78 Å².